The van der Waals surface area contributed by atoms with Crippen molar-refractivity contribution in [3.05, 3.63) is 53.1 Å². The van der Waals surface area contributed by atoms with Gasteiger partial charge in [-0.1, -0.05) is 6.07 Å². The van der Waals surface area contributed by atoms with Crippen molar-refractivity contribution in [2.24, 2.45) is 0 Å². The van der Waals surface area contributed by atoms with Crippen molar-refractivity contribution in [1.29, 1.82) is 0 Å². The van der Waals surface area contributed by atoms with E-state index in [0.29, 0.717) is 37.2 Å². The zero-order valence-electron chi connectivity index (χ0n) is 18.5. The summed E-state index contributed by atoms with van der Waals surface area (Å²) in [7, 11) is 1.20. The number of methoxy groups -OCH3 is 1. The number of aryl methyl sites for hydroxylation is 1. The predicted molar refractivity (Wildman–Crippen MR) is 118 cm³/mol. The number of hydrogen-bond donors (Lipinski definition) is 1. The number of Topliss-reactive ketones (excluding diaryl/α,β-unsaturated/α-hetero) is 1. The molecule has 33 heavy (non-hydrogen) atoms. The SMILES string of the molecule is COc1c(F)cc(N2CCN(C(=O)C(=O)Nc3ccc4c(c3)CCC(=O)C4)C[C@H]2C)cc1F. The number of carbonyl (C=O) groups excluding carboxylic acids is 3. The van der Waals surface area contributed by atoms with Gasteiger partial charge in [-0.15, -0.1) is 0 Å². The van der Waals surface area contributed by atoms with E-state index in [4.69, 9.17) is 4.74 Å². The second-order valence-electron chi connectivity index (χ2n) is 8.39. The van der Waals surface area contributed by atoms with Crippen LogP contribution < -0.4 is 15.0 Å². The number of nitrogens with one attached hydrogen (secondary N) is 1. The lowest BCUT2D eigenvalue weighted by atomic mass is 9.90. The predicted octanol–water partition coefficient (Wildman–Crippen LogP) is 2.71. The van der Waals surface area contributed by atoms with E-state index in [1.54, 1.807) is 23.1 Å². The van der Waals surface area contributed by atoms with Crippen molar-refractivity contribution in [2.45, 2.75) is 32.2 Å². The molecule has 0 aromatic heterocycles. The van der Waals surface area contributed by atoms with Gasteiger partial charge in [-0.05, 0) is 36.6 Å². The summed E-state index contributed by atoms with van der Waals surface area (Å²) in [6, 6.07) is 7.44. The van der Waals surface area contributed by atoms with Gasteiger partial charge in [0.25, 0.3) is 0 Å². The second kappa shape index (κ2) is 9.17. The van der Waals surface area contributed by atoms with Crippen LogP contribution in [0.15, 0.2) is 30.3 Å². The molecule has 2 aliphatic rings. The summed E-state index contributed by atoms with van der Waals surface area (Å²) in [5.74, 6) is -3.25. The first kappa shape index (κ1) is 22.7. The van der Waals surface area contributed by atoms with E-state index >= 15 is 0 Å². The van der Waals surface area contributed by atoms with Crippen LogP contribution in [0.4, 0.5) is 20.2 Å². The van der Waals surface area contributed by atoms with E-state index in [-0.39, 0.29) is 24.9 Å². The lowest BCUT2D eigenvalue weighted by Gasteiger charge is -2.41. The highest BCUT2D eigenvalue weighted by molar-refractivity contribution is 6.39. The third-order valence-corrected chi connectivity index (χ3v) is 6.15. The Kier molecular flexibility index (Phi) is 6.31. The number of ketones is 1. The maximum atomic E-state index is 14.1. The molecule has 7 nitrogen and oxygen atoms in total. The van der Waals surface area contributed by atoms with E-state index in [1.807, 2.05) is 6.92 Å². The number of fused-ring (bicyclic) bond motifs is 1. The Balaban J connectivity index is 1.39. The van der Waals surface area contributed by atoms with Gasteiger partial charge in [-0.2, -0.15) is 0 Å². The minimum Gasteiger partial charge on any atom is -0.491 e. The zero-order chi connectivity index (χ0) is 23.7. The van der Waals surface area contributed by atoms with Crippen molar-refractivity contribution < 1.29 is 27.9 Å². The van der Waals surface area contributed by atoms with Gasteiger partial charge < -0.3 is 19.9 Å². The molecule has 0 radical (unpaired) electrons. The maximum absolute atomic E-state index is 14.1. The van der Waals surface area contributed by atoms with Crippen molar-refractivity contribution in [3.8, 4) is 5.75 Å². The van der Waals surface area contributed by atoms with E-state index < -0.39 is 29.2 Å². The molecule has 1 aliphatic heterocycles. The molecule has 0 bridgehead atoms. The van der Waals surface area contributed by atoms with Crippen LogP contribution in [-0.2, 0) is 27.2 Å². The highest BCUT2D eigenvalue weighted by Crippen LogP contribution is 2.29. The van der Waals surface area contributed by atoms with Gasteiger partial charge in [0.15, 0.2) is 17.4 Å². The highest BCUT2D eigenvalue weighted by Gasteiger charge is 2.31. The average molecular weight is 457 g/mol. The van der Waals surface area contributed by atoms with Crippen molar-refractivity contribution in [1.82, 2.24) is 4.90 Å². The Bertz CT molecular complexity index is 1100. The lowest BCUT2D eigenvalue weighted by Crippen LogP contribution is -2.55. The number of carbonyl (C=O) groups is 3. The molecule has 0 unspecified atom stereocenters. The molecule has 174 valence electrons. The van der Waals surface area contributed by atoms with Crippen LogP contribution in [0.3, 0.4) is 0 Å². The van der Waals surface area contributed by atoms with Crippen LogP contribution in [0.1, 0.15) is 24.5 Å². The lowest BCUT2D eigenvalue weighted by molar-refractivity contribution is -0.143. The number of ether oxygens (including phenoxy) is 1. The fourth-order valence-electron chi connectivity index (χ4n) is 4.44. The minimum atomic E-state index is -0.799. The number of rotatable bonds is 3. The van der Waals surface area contributed by atoms with Crippen LogP contribution in [0.5, 0.6) is 5.75 Å². The largest absolute Gasteiger partial charge is 0.491 e. The van der Waals surface area contributed by atoms with Gasteiger partial charge in [0.05, 0.1) is 7.11 Å². The number of hydrogen-bond acceptors (Lipinski definition) is 5. The molecule has 1 fully saturated rings. The number of amides is 2. The molecule has 1 atom stereocenters. The highest BCUT2D eigenvalue weighted by atomic mass is 19.1. The zero-order valence-corrected chi connectivity index (χ0v) is 18.5. The Morgan fingerprint density at radius 2 is 1.79 bits per heavy atom. The molecule has 1 heterocycles. The van der Waals surface area contributed by atoms with E-state index in [2.05, 4.69) is 5.32 Å². The van der Waals surface area contributed by atoms with Gasteiger partial charge >= 0.3 is 11.8 Å². The molecule has 4 rings (SSSR count). The summed E-state index contributed by atoms with van der Waals surface area (Å²) in [5, 5.41) is 2.64. The molecule has 2 amide bonds. The van der Waals surface area contributed by atoms with Crippen LogP contribution in [0.25, 0.3) is 0 Å². The first-order valence-corrected chi connectivity index (χ1v) is 10.8. The van der Waals surface area contributed by atoms with E-state index in [1.165, 1.54) is 24.1 Å². The topological polar surface area (TPSA) is 79.0 Å². The smallest absolute Gasteiger partial charge is 0.313 e. The van der Waals surface area contributed by atoms with E-state index in [0.717, 1.165) is 11.1 Å². The van der Waals surface area contributed by atoms with Crippen LogP contribution in [-0.4, -0.2) is 55.3 Å². The summed E-state index contributed by atoms with van der Waals surface area (Å²) >= 11 is 0. The Labute approximate surface area is 190 Å². The molecule has 2 aromatic rings. The molecular weight excluding hydrogens is 432 g/mol. The number of nitrogens with zero attached hydrogens (tertiary/aromatic N) is 2. The fourth-order valence-corrected chi connectivity index (χ4v) is 4.44. The van der Waals surface area contributed by atoms with Crippen LogP contribution in [0.2, 0.25) is 0 Å². The van der Waals surface area contributed by atoms with Gasteiger partial charge in [0.1, 0.15) is 5.78 Å². The van der Waals surface area contributed by atoms with Gasteiger partial charge in [-0.25, -0.2) is 8.78 Å². The maximum Gasteiger partial charge on any atom is 0.313 e. The summed E-state index contributed by atoms with van der Waals surface area (Å²) in [6.45, 7) is 2.60. The van der Waals surface area contributed by atoms with Gasteiger partial charge in [0.2, 0.25) is 0 Å². The molecule has 1 N–H and O–H groups in total. The van der Waals surface area contributed by atoms with Crippen molar-refractivity contribution >= 4 is 29.0 Å². The standard InChI is InChI=1S/C24H25F2N3O4/c1-14-13-28(7-8-29(14)18-11-20(25)22(33-2)21(26)12-18)24(32)23(31)27-17-5-3-16-10-19(30)6-4-15(16)9-17/h3,5,9,11-12,14H,4,6-8,10,13H2,1-2H3,(H,27,31)/t14-/m1/s1. The van der Waals surface area contributed by atoms with Crippen molar-refractivity contribution in [3.63, 3.8) is 0 Å². The molecule has 0 saturated carbocycles. The molecule has 9 heteroatoms. The minimum absolute atomic E-state index is 0.197. The number of halogens is 2. The van der Waals surface area contributed by atoms with Crippen LogP contribution >= 0.6 is 0 Å². The molecule has 1 aliphatic carbocycles. The molecular formula is C24H25F2N3O4. The first-order valence-electron chi connectivity index (χ1n) is 10.8. The summed E-state index contributed by atoms with van der Waals surface area (Å²) < 4.78 is 32.9. The second-order valence-corrected chi connectivity index (χ2v) is 8.39. The van der Waals surface area contributed by atoms with Crippen molar-refractivity contribution in [2.75, 3.05) is 37.0 Å². The number of anilines is 2. The van der Waals surface area contributed by atoms with Gasteiger partial charge in [0, 0.05) is 62.0 Å². The Morgan fingerprint density at radius 3 is 2.45 bits per heavy atom. The first-order chi connectivity index (χ1) is 15.8. The number of piperazine rings is 1. The third kappa shape index (κ3) is 4.67. The molecule has 0 spiro atoms. The normalized spacial score (nSPS) is 18.1. The average Bonchev–Trinajstić information content (AvgIpc) is 2.78. The summed E-state index contributed by atoms with van der Waals surface area (Å²) in [5.41, 5.74) is 2.81. The third-order valence-electron chi connectivity index (χ3n) is 6.15. The quantitative estimate of drug-likeness (QED) is 0.718. The van der Waals surface area contributed by atoms with E-state index in [9.17, 15) is 23.2 Å². The monoisotopic (exact) mass is 457 g/mol. The Hall–Kier alpha value is -3.49. The van der Waals surface area contributed by atoms with Crippen LogP contribution in [0, 0.1) is 11.6 Å². The number of benzene rings is 2. The molecule has 2 aromatic carbocycles. The van der Waals surface area contributed by atoms with Gasteiger partial charge in [-0.3, -0.25) is 14.4 Å². The molecule has 1 saturated heterocycles. The summed E-state index contributed by atoms with van der Waals surface area (Å²) in [4.78, 5) is 40.1. The Morgan fingerprint density at radius 1 is 1.06 bits per heavy atom. The fraction of sp³-hybridized carbons (Fsp3) is 0.375. The summed E-state index contributed by atoms with van der Waals surface area (Å²) in [6.07, 6.45) is 1.50.